The van der Waals surface area contributed by atoms with Gasteiger partial charge in [0.2, 0.25) is 0 Å². The van der Waals surface area contributed by atoms with Crippen LogP contribution in [0, 0.1) is 0 Å². The Morgan fingerprint density at radius 1 is 1.59 bits per heavy atom. The molecule has 6 heteroatoms. The third-order valence-corrected chi connectivity index (χ3v) is 4.35. The number of hydrogen-bond donors (Lipinski definition) is 1. The van der Waals surface area contributed by atoms with Crippen LogP contribution >= 0.6 is 27.3 Å². The lowest BCUT2D eigenvalue weighted by atomic mass is 10.3. The van der Waals surface area contributed by atoms with Gasteiger partial charge in [-0.15, -0.1) is 11.3 Å². The number of nitrogens with zero attached hydrogens (tertiary/aromatic N) is 1. The highest BCUT2D eigenvalue weighted by Gasteiger charge is 2.25. The summed E-state index contributed by atoms with van der Waals surface area (Å²) in [7, 11) is 0. The second-order valence-corrected chi connectivity index (χ2v) is 5.69. The van der Waals surface area contributed by atoms with E-state index in [2.05, 4.69) is 26.4 Å². The quantitative estimate of drug-likeness (QED) is 0.947. The maximum atomic E-state index is 11.7. The number of nitrogens with one attached hydrogen (secondary N) is 1. The highest BCUT2D eigenvalue weighted by molar-refractivity contribution is 9.10. The molecule has 2 aromatic heterocycles. The number of rotatable bonds is 3. The Morgan fingerprint density at radius 3 is 3.06 bits per heavy atom. The average Bonchev–Trinajstić information content (AvgIpc) is 2.82. The van der Waals surface area contributed by atoms with Crippen LogP contribution in [0.4, 0.5) is 0 Å². The van der Waals surface area contributed by atoms with Crippen molar-refractivity contribution in [2.24, 2.45) is 0 Å². The lowest BCUT2D eigenvalue weighted by Crippen LogP contribution is -2.25. The van der Waals surface area contributed by atoms with Crippen molar-refractivity contribution in [3.8, 4) is 10.6 Å². The van der Waals surface area contributed by atoms with Gasteiger partial charge < -0.3 is 9.84 Å². The normalized spacial score (nSPS) is 14.9. The standard InChI is InChI=1S/C11H9BrN2O2S/c12-7-3-4-17-10(7)9-5-8(14-16-9)11(15)13-6-1-2-6/h3-6H,1-2H2,(H,13,15). The van der Waals surface area contributed by atoms with Crippen LogP contribution in [-0.4, -0.2) is 17.1 Å². The van der Waals surface area contributed by atoms with Crippen molar-refractivity contribution in [1.82, 2.24) is 10.5 Å². The van der Waals surface area contributed by atoms with E-state index in [1.54, 1.807) is 17.4 Å². The molecule has 1 amide bonds. The van der Waals surface area contributed by atoms with Crippen LogP contribution in [0.5, 0.6) is 0 Å². The molecule has 0 saturated heterocycles. The molecule has 0 bridgehead atoms. The van der Waals surface area contributed by atoms with E-state index in [9.17, 15) is 4.79 Å². The average molecular weight is 313 g/mol. The molecule has 3 rings (SSSR count). The summed E-state index contributed by atoms with van der Waals surface area (Å²) in [6.07, 6.45) is 2.12. The predicted octanol–water partition coefficient (Wildman–Crippen LogP) is 3.06. The van der Waals surface area contributed by atoms with E-state index < -0.39 is 0 Å². The Morgan fingerprint density at radius 2 is 2.41 bits per heavy atom. The van der Waals surface area contributed by atoms with Gasteiger partial charge in [0.25, 0.3) is 5.91 Å². The number of halogens is 1. The number of carbonyl (C=O) groups is 1. The van der Waals surface area contributed by atoms with Gasteiger partial charge >= 0.3 is 0 Å². The molecule has 0 aromatic carbocycles. The molecule has 1 saturated carbocycles. The first-order valence-corrected chi connectivity index (χ1v) is 6.92. The second kappa shape index (κ2) is 4.27. The summed E-state index contributed by atoms with van der Waals surface area (Å²) >= 11 is 4.96. The van der Waals surface area contributed by atoms with Crippen molar-refractivity contribution < 1.29 is 9.32 Å². The predicted molar refractivity (Wildman–Crippen MR) is 68.0 cm³/mol. The van der Waals surface area contributed by atoms with Gasteiger partial charge in [0, 0.05) is 16.6 Å². The van der Waals surface area contributed by atoms with Gasteiger partial charge in [-0.1, -0.05) is 5.16 Å². The molecular formula is C11H9BrN2O2S. The summed E-state index contributed by atoms with van der Waals surface area (Å²) in [6.45, 7) is 0. The molecule has 0 spiro atoms. The first kappa shape index (κ1) is 11.0. The van der Waals surface area contributed by atoms with Crippen molar-refractivity contribution in [1.29, 1.82) is 0 Å². The first-order valence-electron chi connectivity index (χ1n) is 5.25. The SMILES string of the molecule is O=C(NC1CC1)c1cc(-c2sccc2Br)on1. The Bertz CT molecular complexity index is 559. The Balaban J connectivity index is 1.82. The summed E-state index contributed by atoms with van der Waals surface area (Å²) in [5.41, 5.74) is 0.340. The molecule has 4 nitrogen and oxygen atoms in total. The highest BCUT2D eigenvalue weighted by atomic mass is 79.9. The molecule has 2 aromatic rings. The Kier molecular flexibility index (Phi) is 2.76. The number of hydrogen-bond acceptors (Lipinski definition) is 4. The zero-order valence-electron chi connectivity index (χ0n) is 8.77. The molecule has 88 valence electrons. The van der Waals surface area contributed by atoms with Crippen molar-refractivity contribution in [3.63, 3.8) is 0 Å². The maximum absolute atomic E-state index is 11.7. The van der Waals surface area contributed by atoms with Crippen molar-refractivity contribution in [3.05, 3.63) is 27.7 Å². The van der Waals surface area contributed by atoms with Crippen molar-refractivity contribution >= 4 is 33.2 Å². The van der Waals surface area contributed by atoms with Crippen LogP contribution in [0.2, 0.25) is 0 Å². The van der Waals surface area contributed by atoms with Crippen LogP contribution in [0.15, 0.2) is 26.5 Å². The molecule has 2 heterocycles. The summed E-state index contributed by atoms with van der Waals surface area (Å²) in [5, 5.41) is 8.62. The lowest BCUT2D eigenvalue weighted by molar-refractivity contribution is 0.0942. The van der Waals surface area contributed by atoms with E-state index in [4.69, 9.17) is 4.52 Å². The number of amides is 1. The second-order valence-electron chi connectivity index (χ2n) is 3.92. The number of aromatic nitrogens is 1. The van der Waals surface area contributed by atoms with Gasteiger partial charge in [0.15, 0.2) is 11.5 Å². The minimum absolute atomic E-state index is 0.157. The molecule has 0 radical (unpaired) electrons. The molecule has 17 heavy (non-hydrogen) atoms. The topological polar surface area (TPSA) is 55.1 Å². The fourth-order valence-corrected chi connectivity index (χ4v) is 2.96. The van der Waals surface area contributed by atoms with Gasteiger partial charge in [-0.25, -0.2) is 0 Å². The zero-order chi connectivity index (χ0) is 11.8. The smallest absolute Gasteiger partial charge is 0.273 e. The van der Waals surface area contributed by atoms with Crippen LogP contribution < -0.4 is 5.32 Å². The maximum Gasteiger partial charge on any atom is 0.273 e. The van der Waals surface area contributed by atoms with Gasteiger partial charge in [0.05, 0.1) is 4.88 Å². The molecule has 1 aliphatic carbocycles. The fraction of sp³-hybridized carbons (Fsp3) is 0.273. The molecular weight excluding hydrogens is 304 g/mol. The molecule has 0 atom stereocenters. The molecule has 1 N–H and O–H groups in total. The summed E-state index contributed by atoms with van der Waals surface area (Å²) < 4.78 is 6.13. The number of thiophene rings is 1. The minimum atomic E-state index is -0.157. The molecule has 1 aliphatic rings. The van der Waals surface area contributed by atoms with Crippen LogP contribution in [-0.2, 0) is 0 Å². The van der Waals surface area contributed by atoms with E-state index in [0.717, 1.165) is 22.2 Å². The van der Waals surface area contributed by atoms with E-state index in [1.165, 1.54) is 0 Å². The van der Waals surface area contributed by atoms with Crippen LogP contribution in [0.25, 0.3) is 10.6 Å². The fourth-order valence-electron chi connectivity index (χ4n) is 1.45. The third kappa shape index (κ3) is 2.28. The van der Waals surface area contributed by atoms with Crippen LogP contribution in [0.3, 0.4) is 0 Å². The van der Waals surface area contributed by atoms with Crippen molar-refractivity contribution in [2.75, 3.05) is 0 Å². The van der Waals surface area contributed by atoms with Gasteiger partial charge in [0.1, 0.15) is 0 Å². The lowest BCUT2D eigenvalue weighted by Gasteiger charge is -1.96. The molecule has 0 unspecified atom stereocenters. The van der Waals surface area contributed by atoms with Crippen LogP contribution in [0.1, 0.15) is 23.3 Å². The monoisotopic (exact) mass is 312 g/mol. The molecule has 0 aliphatic heterocycles. The Hall–Kier alpha value is -1.14. The number of carbonyl (C=O) groups excluding carboxylic acids is 1. The third-order valence-electron chi connectivity index (χ3n) is 2.50. The van der Waals surface area contributed by atoms with Gasteiger partial charge in [-0.2, -0.15) is 0 Å². The van der Waals surface area contributed by atoms with E-state index >= 15 is 0 Å². The summed E-state index contributed by atoms with van der Waals surface area (Å²) in [4.78, 5) is 12.7. The van der Waals surface area contributed by atoms with E-state index in [0.29, 0.717) is 17.5 Å². The highest BCUT2D eigenvalue weighted by Crippen LogP contribution is 2.33. The van der Waals surface area contributed by atoms with E-state index in [1.807, 2.05) is 11.4 Å². The Labute approximate surface area is 110 Å². The summed E-state index contributed by atoms with van der Waals surface area (Å²) in [6, 6.07) is 3.94. The van der Waals surface area contributed by atoms with Crippen molar-refractivity contribution in [2.45, 2.75) is 18.9 Å². The van der Waals surface area contributed by atoms with E-state index in [-0.39, 0.29) is 5.91 Å². The zero-order valence-corrected chi connectivity index (χ0v) is 11.2. The summed E-state index contributed by atoms with van der Waals surface area (Å²) in [5.74, 6) is 0.461. The molecule has 1 fully saturated rings. The van der Waals surface area contributed by atoms with Gasteiger partial charge in [-0.3, -0.25) is 4.79 Å². The minimum Gasteiger partial charge on any atom is -0.355 e. The first-order chi connectivity index (χ1) is 8.24. The van der Waals surface area contributed by atoms with Gasteiger partial charge in [-0.05, 0) is 40.2 Å². The largest absolute Gasteiger partial charge is 0.355 e.